The van der Waals surface area contributed by atoms with Crippen LogP contribution < -0.4 is 10.6 Å². The number of benzene rings is 3. The van der Waals surface area contributed by atoms with Crippen molar-refractivity contribution in [3.63, 3.8) is 0 Å². The second-order valence-electron chi connectivity index (χ2n) is 8.27. The summed E-state index contributed by atoms with van der Waals surface area (Å²) in [5.74, 6) is -0.304. The van der Waals surface area contributed by atoms with E-state index in [1.807, 2.05) is 84.9 Å². The Hall–Kier alpha value is -3.60. The minimum atomic E-state index is -0.872. The molecule has 31 heavy (non-hydrogen) atoms. The quantitative estimate of drug-likeness (QED) is 0.578. The Morgan fingerprint density at radius 1 is 0.806 bits per heavy atom. The van der Waals surface area contributed by atoms with E-state index >= 15 is 0 Å². The van der Waals surface area contributed by atoms with E-state index in [1.54, 1.807) is 20.8 Å². The van der Waals surface area contributed by atoms with Crippen LogP contribution in [0.4, 0.5) is 4.79 Å². The van der Waals surface area contributed by atoms with Gasteiger partial charge in [0.2, 0.25) is 5.91 Å². The van der Waals surface area contributed by atoms with E-state index in [0.717, 1.165) is 16.7 Å². The van der Waals surface area contributed by atoms with E-state index in [-0.39, 0.29) is 5.91 Å². The van der Waals surface area contributed by atoms with Gasteiger partial charge in [-0.25, -0.2) is 4.79 Å². The fraction of sp³-hybridized carbons (Fsp3) is 0.231. The fourth-order valence-electron chi connectivity index (χ4n) is 3.11. The van der Waals surface area contributed by atoms with E-state index in [0.29, 0.717) is 12.1 Å². The summed E-state index contributed by atoms with van der Waals surface area (Å²) in [5, 5.41) is 5.61. The van der Waals surface area contributed by atoms with Crippen LogP contribution in [0.3, 0.4) is 0 Å². The molecule has 3 rings (SSSR count). The van der Waals surface area contributed by atoms with Gasteiger partial charge in [0.15, 0.2) is 0 Å². The number of nitrogens with one attached hydrogen (secondary N) is 2. The molecule has 160 valence electrons. The molecule has 0 fully saturated rings. The van der Waals surface area contributed by atoms with Crippen molar-refractivity contribution in [2.75, 3.05) is 0 Å². The Balaban J connectivity index is 1.79. The van der Waals surface area contributed by atoms with E-state index < -0.39 is 17.7 Å². The normalized spacial score (nSPS) is 12.0. The van der Waals surface area contributed by atoms with Gasteiger partial charge in [0.05, 0.1) is 0 Å². The number of ether oxygens (including phenoxy) is 1. The van der Waals surface area contributed by atoms with Crippen LogP contribution >= 0.6 is 0 Å². The molecule has 1 unspecified atom stereocenters. The first-order valence-electron chi connectivity index (χ1n) is 10.3. The molecule has 3 aromatic rings. The second-order valence-corrected chi connectivity index (χ2v) is 8.27. The van der Waals surface area contributed by atoms with Crippen molar-refractivity contribution >= 4 is 12.0 Å². The molecule has 5 heteroatoms. The van der Waals surface area contributed by atoms with Gasteiger partial charge in [-0.1, -0.05) is 84.9 Å². The molecule has 0 heterocycles. The SMILES string of the molecule is CC(C)(C)OC(=O)NC(C(=O)NCc1ccccc1)c1ccc(-c2ccccc2)cc1. The minimum absolute atomic E-state index is 0.304. The topological polar surface area (TPSA) is 67.4 Å². The number of hydrogen-bond donors (Lipinski definition) is 2. The monoisotopic (exact) mass is 416 g/mol. The van der Waals surface area contributed by atoms with Crippen LogP contribution in [0.2, 0.25) is 0 Å². The van der Waals surface area contributed by atoms with Crippen LogP contribution in [0, 0.1) is 0 Å². The highest BCUT2D eigenvalue weighted by Crippen LogP contribution is 2.22. The van der Waals surface area contributed by atoms with E-state index in [4.69, 9.17) is 4.74 Å². The molecule has 0 aliphatic rings. The van der Waals surface area contributed by atoms with Gasteiger partial charge in [0, 0.05) is 6.54 Å². The van der Waals surface area contributed by atoms with E-state index in [9.17, 15) is 9.59 Å². The Morgan fingerprint density at radius 2 is 1.35 bits per heavy atom. The summed E-state index contributed by atoms with van der Waals surface area (Å²) in [5.41, 5.74) is 3.11. The zero-order valence-corrected chi connectivity index (χ0v) is 18.1. The highest BCUT2D eigenvalue weighted by Gasteiger charge is 2.25. The molecule has 2 amide bonds. The summed E-state index contributed by atoms with van der Waals surface area (Å²) in [6.45, 7) is 5.72. The lowest BCUT2D eigenvalue weighted by molar-refractivity contribution is -0.123. The molecule has 0 aliphatic heterocycles. The Labute approximate surface area is 183 Å². The van der Waals surface area contributed by atoms with Crippen molar-refractivity contribution in [1.29, 1.82) is 0 Å². The summed E-state index contributed by atoms with van der Waals surface area (Å²) in [7, 11) is 0. The summed E-state index contributed by atoms with van der Waals surface area (Å²) >= 11 is 0. The lowest BCUT2D eigenvalue weighted by Crippen LogP contribution is -2.42. The van der Waals surface area contributed by atoms with Gasteiger partial charge in [-0.05, 0) is 43.0 Å². The summed E-state index contributed by atoms with van der Waals surface area (Å²) < 4.78 is 5.37. The first-order valence-corrected chi connectivity index (χ1v) is 10.3. The van der Waals surface area contributed by atoms with Crippen LogP contribution in [0.25, 0.3) is 11.1 Å². The van der Waals surface area contributed by atoms with Gasteiger partial charge in [0.25, 0.3) is 0 Å². The van der Waals surface area contributed by atoms with Crippen molar-refractivity contribution in [2.45, 2.75) is 39.0 Å². The third kappa shape index (κ3) is 6.71. The Kier molecular flexibility index (Phi) is 7.08. The van der Waals surface area contributed by atoms with Crippen LogP contribution in [0.1, 0.15) is 37.9 Å². The maximum Gasteiger partial charge on any atom is 0.408 e. The number of carbonyl (C=O) groups excluding carboxylic acids is 2. The maximum atomic E-state index is 13.0. The molecule has 0 saturated heterocycles. The average molecular weight is 417 g/mol. The Bertz CT molecular complexity index is 994. The molecule has 1 atom stereocenters. The van der Waals surface area contributed by atoms with Gasteiger partial charge in [-0.2, -0.15) is 0 Å². The largest absolute Gasteiger partial charge is 0.444 e. The first-order chi connectivity index (χ1) is 14.8. The first kappa shape index (κ1) is 22.1. The van der Waals surface area contributed by atoms with Crippen LogP contribution in [0.5, 0.6) is 0 Å². The summed E-state index contributed by atoms with van der Waals surface area (Å²) in [6, 6.07) is 26.3. The molecule has 3 aromatic carbocycles. The van der Waals surface area contributed by atoms with E-state index in [2.05, 4.69) is 10.6 Å². The zero-order chi connectivity index (χ0) is 22.3. The third-order valence-corrected chi connectivity index (χ3v) is 4.58. The molecule has 0 radical (unpaired) electrons. The average Bonchev–Trinajstić information content (AvgIpc) is 2.76. The maximum absolute atomic E-state index is 13.0. The molecular weight excluding hydrogens is 388 g/mol. The zero-order valence-electron chi connectivity index (χ0n) is 18.1. The van der Waals surface area contributed by atoms with Crippen LogP contribution in [-0.4, -0.2) is 17.6 Å². The second kappa shape index (κ2) is 9.94. The minimum Gasteiger partial charge on any atom is -0.444 e. The Morgan fingerprint density at radius 3 is 1.94 bits per heavy atom. The van der Waals surface area contributed by atoms with Gasteiger partial charge in [-0.15, -0.1) is 0 Å². The number of rotatable bonds is 6. The highest BCUT2D eigenvalue weighted by molar-refractivity contribution is 5.87. The fourth-order valence-corrected chi connectivity index (χ4v) is 3.11. The van der Waals surface area contributed by atoms with E-state index in [1.165, 1.54) is 0 Å². The standard InChI is InChI=1S/C26H28N2O3/c1-26(2,3)31-25(30)28-23(24(29)27-18-19-10-6-4-7-11-19)22-16-14-21(15-17-22)20-12-8-5-9-13-20/h4-17,23H,18H2,1-3H3,(H,27,29)(H,28,30). The number of carbonyl (C=O) groups is 2. The van der Waals surface area contributed by atoms with Crippen molar-refractivity contribution in [3.05, 3.63) is 96.1 Å². The molecule has 0 spiro atoms. The van der Waals surface area contributed by atoms with Crippen molar-refractivity contribution in [1.82, 2.24) is 10.6 Å². The number of amides is 2. The highest BCUT2D eigenvalue weighted by atomic mass is 16.6. The summed E-state index contributed by atoms with van der Waals surface area (Å²) in [4.78, 5) is 25.4. The lowest BCUT2D eigenvalue weighted by atomic mass is 10.0. The summed E-state index contributed by atoms with van der Waals surface area (Å²) in [6.07, 6.45) is -0.639. The molecule has 5 nitrogen and oxygen atoms in total. The van der Waals surface area contributed by atoms with Crippen molar-refractivity contribution in [2.24, 2.45) is 0 Å². The molecular formula is C26H28N2O3. The number of alkyl carbamates (subject to hydrolysis) is 1. The molecule has 0 bridgehead atoms. The molecule has 0 aromatic heterocycles. The number of hydrogen-bond acceptors (Lipinski definition) is 3. The predicted octanol–water partition coefficient (Wildman–Crippen LogP) is 5.24. The van der Waals surface area contributed by atoms with Gasteiger partial charge < -0.3 is 15.4 Å². The van der Waals surface area contributed by atoms with Gasteiger partial charge in [-0.3, -0.25) is 4.79 Å². The lowest BCUT2D eigenvalue weighted by Gasteiger charge is -2.23. The van der Waals surface area contributed by atoms with Crippen molar-refractivity contribution < 1.29 is 14.3 Å². The molecule has 2 N–H and O–H groups in total. The van der Waals surface area contributed by atoms with Crippen LogP contribution in [-0.2, 0) is 16.1 Å². The third-order valence-electron chi connectivity index (χ3n) is 4.58. The predicted molar refractivity (Wildman–Crippen MR) is 122 cm³/mol. The van der Waals surface area contributed by atoms with Gasteiger partial charge in [0.1, 0.15) is 11.6 Å². The molecule has 0 saturated carbocycles. The van der Waals surface area contributed by atoms with Crippen LogP contribution in [0.15, 0.2) is 84.9 Å². The van der Waals surface area contributed by atoms with Crippen molar-refractivity contribution in [3.8, 4) is 11.1 Å². The smallest absolute Gasteiger partial charge is 0.408 e. The van der Waals surface area contributed by atoms with Gasteiger partial charge >= 0.3 is 6.09 Å². The molecule has 0 aliphatic carbocycles.